The van der Waals surface area contributed by atoms with Gasteiger partial charge < -0.3 is 14.0 Å². The number of benzene rings is 2. The van der Waals surface area contributed by atoms with Crippen molar-refractivity contribution >= 4 is 16.9 Å². The quantitative estimate of drug-likeness (QED) is 0.577. The molecule has 1 fully saturated rings. The summed E-state index contributed by atoms with van der Waals surface area (Å²) in [6.07, 6.45) is 4.09. The minimum atomic E-state index is -0.692. The molecule has 1 aliphatic rings. The Bertz CT molecular complexity index is 952. The van der Waals surface area contributed by atoms with Gasteiger partial charge in [0.1, 0.15) is 5.60 Å². The van der Waals surface area contributed by atoms with E-state index in [-0.39, 0.29) is 5.97 Å². The van der Waals surface area contributed by atoms with Gasteiger partial charge in [-0.05, 0) is 44.2 Å². The van der Waals surface area contributed by atoms with E-state index < -0.39 is 5.60 Å². The third-order valence-electron chi connectivity index (χ3n) is 5.62. The van der Waals surface area contributed by atoms with Crippen molar-refractivity contribution in [1.82, 2.24) is 4.57 Å². The molecule has 1 aromatic heterocycles. The number of carbonyl (C=O) groups excluding carboxylic acids is 1. The van der Waals surface area contributed by atoms with Gasteiger partial charge in [-0.1, -0.05) is 48.5 Å². The lowest BCUT2D eigenvalue weighted by atomic mass is 9.98. The van der Waals surface area contributed by atoms with E-state index in [4.69, 9.17) is 9.47 Å². The zero-order valence-electron chi connectivity index (χ0n) is 16.6. The van der Waals surface area contributed by atoms with Gasteiger partial charge in [0.15, 0.2) is 0 Å². The van der Waals surface area contributed by atoms with E-state index in [2.05, 4.69) is 10.6 Å². The van der Waals surface area contributed by atoms with Crippen LogP contribution in [0.15, 0.2) is 60.8 Å². The topological polar surface area (TPSA) is 40.5 Å². The molecular formula is C24H27NO3. The second-order valence-electron chi connectivity index (χ2n) is 8.03. The van der Waals surface area contributed by atoms with E-state index in [1.165, 1.54) is 0 Å². The Labute approximate surface area is 166 Å². The van der Waals surface area contributed by atoms with Gasteiger partial charge in [0.25, 0.3) is 0 Å². The van der Waals surface area contributed by atoms with Crippen LogP contribution in [0.2, 0.25) is 0 Å². The Morgan fingerprint density at radius 3 is 2.50 bits per heavy atom. The van der Waals surface area contributed by atoms with Gasteiger partial charge in [0, 0.05) is 36.9 Å². The average Bonchev–Trinajstić information content (AvgIpc) is 3.08. The Kier molecular flexibility index (Phi) is 5.23. The zero-order chi connectivity index (χ0) is 19.6. The maximum Gasteiger partial charge on any atom is 0.341 e. The fraction of sp³-hybridized carbons (Fsp3) is 0.375. The van der Waals surface area contributed by atoms with Crippen molar-refractivity contribution in [1.29, 1.82) is 0 Å². The van der Waals surface area contributed by atoms with Gasteiger partial charge in [0.05, 0.1) is 5.56 Å². The molecule has 0 spiro atoms. The SMILES string of the molecule is CC(C)(OC(=O)c1cn(CC2CCOCC2)c2ccccc12)c1ccccc1. The molecule has 2 aromatic carbocycles. The second kappa shape index (κ2) is 7.80. The van der Waals surface area contributed by atoms with E-state index in [1.54, 1.807) is 0 Å². The summed E-state index contributed by atoms with van der Waals surface area (Å²) in [6, 6.07) is 17.9. The number of para-hydroxylation sites is 1. The van der Waals surface area contributed by atoms with Crippen LogP contribution in [0.1, 0.15) is 42.6 Å². The van der Waals surface area contributed by atoms with Gasteiger partial charge in [-0.15, -0.1) is 0 Å². The Morgan fingerprint density at radius 1 is 1.07 bits per heavy atom. The van der Waals surface area contributed by atoms with Gasteiger partial charge in [-0.25, -0.2) is 4.79 Å². The maximum absolute atomic E-state index is 13.1. The molecule has 0 radical (unpaired) electrons. The summed E-state index contributed by atoms with van der Waals surface area (Å²) in [7, 11) is 0. The number of fused-ring (bicyclic) bond motifs is 1. The minimum Gasteiger partial charge on any atom is -0.451 e. The predicted octanol–water partition coefficient (Wildman–Crippen LogP) is 5.16. The first-order valence-corrected chi connectivity index (χ1v) is 9.99. The number of aromatic nitrogens is 1. The monoisotopic (exact) mass is 377 g/mol. The van der Waals surface area contributed by atoms with E-state index in [1.807, 2.05) is 68.6 Å². The van der Waals surface area contributed by atoms with E-state index in [0.717, 1.165) is 49.1 Å². The smallest absolute Gasteiger partial charge is 0.341 e. The predicted molar refractivity (Wildman–Crippen MR) is 110 cm³/mol. The first-order chi connectivity index (χ1) is 13.5. The fourth-order valence-corrected chi connectivity index (χ4v) is 3.95. The van der Waals surface area contributed by atoms with Crippen LogP contribution in [0, 0.1) is 5.92 Å². The van der Waals surface area contributed by atoms with Crippen molar-refractivity contribution < 1.29 is 14.3 Å². The molecule has 4 nitrogen and oxygen atoms in total. The molecule has 1 aliphatic heterocycles. The van der Waals surface area contributed by atoms with Crippen LogP contribution in [0.25, 0.3) is 10.9 Å². The number of nitrogens with zero attached hydrogens (tertiary/aromatic N) is 1. The molecule has 0 bridgehead atoms. The number of esters is 1. The van der Waals surface area contributed by atoms with Crippen molar-refractivity contribution in [2.24, 2.45) is 5.92 Å². The summed E-state index contributed by atoms with van der Waals surface area (Å²) < 4.78 is 13.6. The van der Waals surface area contributed by atoms with Crippen LogP contribution in [0.3, 0.4) is 0 Å². The van der Waals surface area contributed by atoms with Gasteiger partial charge in [-0.3, -0.25) is 0 Å². The average molecular weight is 377 g/mol. The summed E-state index contributed by atoms with van der Waals surface area (Å²) in [6.45, 7) is 6.41. The summed E-state index contributed by atoms with van der Waals surface area (Å²) in [5, 5.41) is 0.948. The third kappa shape index (κ3) is 3.83. The molecule has 0 aliphatic carbocycles. The van der Waals surface area contributed by atoms with E-state index in [9.17, 15) is 4.79 Å². The lowest BCUT2D eigenvalue weighted by Crippen LogP contribution is -2.25. The first-order valence-electron chi connectivity index (χ1n) is 9.99. The van der Waals surface area contributed by atoms with Crippen molar-refractivity contribution in [2.45, 2.75) is 38.8 Å². The molecule has 4 rings (SSSR count). The highest BCUT2D eigenvalue weighted by molar-refractivity contribution is 6.04. The lowest BCUT2D eigenvalue weighted by Gasteiger charge is -2.25. The molecular weight excluding hydrogens is 350 g/mol. The normalized spacial score (nSPS) is 15.6. The highest BCUT2D eigenvalue weighted by Gasteiger charge is 2.28. The summed E-state index contributed by atoms with van der Waals surface area (Å²) in [5.74, 6) is 0.296. The highest BCUT2D eigenvalue weighted by Crippen LogP contribution is 2.30. The van der Waals surface area contributed by atoms with Crippen LogP contribution in [0.5, 0.6) is 0 Å². The van der Waals surface area contributed by atoms with Crippen molar-refractivity contribution in [2.75, 3.05) is 13.2 Å². The van der Waals surface area contributed by atoms with Crippen molar-refractivity contribution in [3.8, 4) is 0 Å². The van der Waals surface area contributed by atoms with Crippen LogP contribution in [-0.2, 0) is 21.6 Å². The molecule has 0 unspecified atom stereocenters. The standard InChI is InChI=1S/C24H27NO3/c1-24(2,19-8-4-3-5-9-19)28-23(26)21-17-25(16-18-12-14-27-15-13-18)22-11-7-6-10-20(21)22/h3-11,17-18H,12-16H2,1-2H3. The number of carbonyl (C=O) groups is 1. The largest absolute Gasteiger partial charge is 0.451 e. The Morgan fingerprint density at radius 2 is 1.75 bits per heavy atom. The van der Waals surface area contributed by atoms with Crippen LogP contribution < -0.4 is 0 Å². The van der Waals surface area contributed by atoms with Gasteiger partial charge >= 0.3 is 5.97 Å². The summed E-state index contributed by atoms with van der Waals surface area (Å²) in [5.41, 5.74) is 2.00. The van der Waals surface area contributed by atoms with Gasteiger partial charge in [0.2, 0.25) is 0 Å². The Hall–Kier alpha value is -2.59. The first kappa shape index (κ1) is 18.8. The molecule has 0 N–H and O–H groups in total. The van der Waals surface area contributed by atoms with Crippen molar-refractivity contribution in [3.63, 3.8) is 0 Å². The third-order valence-corrected chi connectivity index (χ3v) is 5.62. The molecule has 4 heteroatoms. The molecule has 0 saturated carbocycles. The lowest BCUT2D eigenvalue weighted by molar-refractivity contribution is -0.00294. The Balaban J connectivity index is 1.62. The second-order valence-corrected chi connectivity index (χ2v) is 8.03. The van der Waals surface area contributed by atoms with E-state index in [0.29, 0.717) is 11.5 Å². The molecule has 146 valence electrons. The zero-order valence-corrected chi connectivity index (χ0v) is 16.6. The van der Waals surface area contributed by atoms with Crippen LogP contribution in [0.4, 0.5) is 0 Å². The molecule has 2 heterocycles. The summed E-state index contributed by atoms with van der Waals surface area (Å²) >= 11 is 0. The van der Waals surface area contributed by atoms with Gasteiger partial charge in [-0.2, -0.15) is 0 Å². The number of hydrogen-bond acceptors (Lipinski definition) is 3. The molecule has 0 amide bonds. The summed E-state index contributed by atoms with van der Waals surface area (Å²) in [4.78, 5) is 13.1. The van der Waals surface area contributed by atoms with Crippen LogP contribution >= 0.6 is 0 Å². The number of ether oxygens (including phenoxy) is 2. The van der Waals surface area contributed by atoms with E-state index >= 15 is 0 Å². The van der Waals surface area contributed by atoms with Crippen LogP contribution in [-0.4, -0.2) is 23.8 Å². The highest BCUT2D eigenvalue weighted by atomic mass is 16.6. The number of rotatable bonds is 5. The molecule has 0 atom stereocenters. The number of hydrogen-bond donors (Lipinski definition) is 0. The minimum absolute atomic E-state index is 0.282. The molecule has 28 heavy (non-hydrogen) atoms. The molecule has 3 aromatic rings. The maximum atomic E-state index is 13.1. The fourth-order valence-electron chi connectivity index (χ4n) is 3.95. The van der Waals surface area contributed by atoms with Crippen molar-refractivity contribution in [3.05, 3.63) is 71.9 Å². The molecule has 1 saturated heterocycles.